The van der Waals surface area contributed by atoms with Crippen molar-refractivity contribution < 1.29 is 9.59 Å². The summed E-state index contributed by atoms with van der Waals surface area (Å²) < 4.78 is 0.909. The number of aliphatic imine (C=N–C) groups is 1. The van der Waals surface area contributed by atoms with Crippen LogP contribution >= 0.6 is 39.3 Å². The Bertz CT molecular complexity index is 1420. The van der Waals surface area contributed by atoms with Crippen molar-refractivity contribution in [2.75, 3.05) is 16.4 Å². The van der Waals surface area contributed by atoms with Crippen molar-refractivity contribution in [1.82, 2.24) is 0 Å². The van der Waals surface area contributed by atoms with Crippen LogP contribution in [0.5, 0.6) is 0 Å². The standard InChI is InChI=1S/C28H22BrClN4O2S/c1-17-25(27(36)34-19-7-3-2-4-8-19)26(21-9-5-6-10-23(21)30)22(15-31)28(32-17)37-16-24(35)33-20-13-11-18(29)12-14-20/h2-14,25-26H,16H2,1H3,(H,33,35)(H,34,36)/t25?,26-/m1/s1. The molecule has 4 rings (SSSR count). The summed E-state index contributed by atoms with van der Waals surface area (Å²) in [5, 5.41) is 16.8. The maximum absolute atomic E-state index is 13.5. The molecule has 0 fully saturated rings. The number of nitrogens with one attached hydrogen (secondary N) is 2. The highest BCUT2D eigenvalue weighted by atomic mass is 79.9. The summed E-state index contributed by atoms with van der Waals surface area (Å²) in [6, 6.07) is 25.8. The molecule has 9 heteroatoms. The van der Waals surface area contributed by atoms with Crippen molar-refractivity contribution in [3.63, 3.8) is 0 Å². The van der Waals surface area contributed by atoms with Crippen LogP contribution < -0.4 is 10.6 Å². The fraction of sp³-hybridized carbons (Fsp3) is 0.143. The van der Waals surface area contributed by atoms with Crippen molar-refractivity contribution in [3.8, 4) is 6.07 Å². The number of carbonyl (C=O) groups excluding carboxylic acids is 2. The Morgan fingerprint density at radius 2 is 1.65 bits per heavy atom. The van der Waals surface area contributed by atoms with E-state index >= 15 is 0 Å². The Labute approximate surface area is 233 Å². The lowest BCUT2D eigenvalue weighted by atomic mass is 9.76. The first-order chi connectivity index (χ1) is 17.9. The second-order valence-electron chi connectivity index (χ2n) is 8.26. The minimum absolute atomic E-state index is 0.0451. The molecule has 1 unspecified atom stereocenters. The largest absolute Gasteiger partial charge is 0.325 e. The fourth-order valence-electron chi connectivity index (χ4n) is 4.07. The first-order valence-corrected chi connectivity index (χ1v) is 13.5. The molecule has 0 saturated heterocycles. The number of nitriles is 1. The second kappa shape index (κ2) is 12.2. The van der Waals surface area contributed by atoms with Crippen molar-refractivity contribution in [3.05, 3.63) is 105 Å². The van der Waals surface area contributed by atoms with E-state index in [0.717, 1.165) is 16.2 Å². The van der Waals surface area contributed by atoms with Crippen LogP contribution in [0.2, 0.25) is 5.02 Å². The monoisotopic (exact) mass is 592 g/mol. The van der Waals surface area contributed by atoms with E-state index in [1.54, 1.807) is 43.3 Å². The molecule has 1 heterocycles. The van der Waals surface area contributed by atoms with Crippen molar-refractivity contribution in [1.29, 1.82) is 5.26 Å². The van der Waals surface area contributed by atoms with E-state index in [0.29, 0.717) is 38.3 Å². The summed E-state index contributed by atoms with van der Waals surface area (Å²) in [6.45, 7) is 1.76. The number of thioether (sulfide) groups is 1. The van der Waals surface area contributed by atoms with E-state index in [2.05, 4.69) is 37.6 Å². The predicted octanol–water partition coefficient (Wildman–Crippen LogP) is 7.02. The van der Waals surface area contributed by atoms with Gasteiger partial charge in [0.15, 0.2) is 0 Å². The maximum atomic E-state index is 13.5. The van der Waals surface area contributed by atoms with E-state index in [1.165, 1.54) is 0 Å². The van der Waals surface area contributed by atoms with Gasteiger partial charge in [-0.3, -0.25) is 9.59 Å². The van der Waals surface area contributed by atoms with Crippen LogP contribution in [-0.2, 0) is 9.59 Å². The zero-order valence-electron chi connectivity index (χ0n) is 19.7. The van der Waals surface area contributed by atoms with Gasteiger partial charge in [-0.05, 0) is 55.0 Å². The molecule has 0 aromatic heterocycles. The number of para-hydroxylation sites is 1. The quantitative estimate of drug-likeness (QED) is 0.308. The molecule has 2 amide bonds. The third kappa shape index (κ3) is 6.50. The Balaban J connectivity index is 1.63. The lowest BCUT2D eigenvalue weighted by Gasteiger charge is -2.31. The van der Waals surface area contributed by atoms with E-state index in [-0.39, 0.29) is 17.6 Å². The summed E-state index contributed by atoms with van der Waals surface area (Å²) in [4.78, 5) is 30.7. The molecule has 3 aromatic rings. The molecule has 186 valence electrons. The summed E-state index contributed by atoms with van der Waals surface area (Å²) in [7, 11) is 0. The topological polar surface area (TPSA) is 94.3 Å². The Morgan fingerprint density at radius 3 is 2.32 bits per heavy atom. The normalized spacial score (nSPS) is 17.0. The SMILES string of the molecule is CC1=NC(SCC(=O)Nc2ccc(Br)cc2)=C(C#N)[C@@H](c2ccccc2Cl)C1C(=O)Nc1ccccc1. The first-order valence-electron chi connectivity index (χ1n) is 11.4. The summed E-state index contributed by atoms with van der Waals surface area (Å²) in [5.74, 6) is -1.89. The average Bonchev–Trinajstić information content (AvgIpc) is 2.89. The number of anilines is 2. The maximum Gasteiger partial charge on any atom is 0.234 e. The van der Waals surface area contributed by atoms with Gasteiger partial charge in [0.05, 0.1) is 23.3 Å². The van der Waals surface area contributed by atoms with Crippen LogP contribution in [0, 0.1) is 17.2 Å². The highest BCUT2D eigenvalue weighted by molar-refractivity contribution is 9.10. The van der Waals surface area contributed by atoms with Crippen molar-refractivity contribution in [2.45, 2.75) is 12.8 Å². The van der Waals surface area contributed by atoms with Gasteiger partial charge < -0.3 is 10.6 Å². The van der Waals surface area contributed by atoms with Gasteiger partial charge in [-0.25, -0.2) is 4.99 Å². The third-order valence-electron chi connectivity index (χ3n) is 5.76. The number of amides is 2. The van der Waals surface area contributed by atoms with Gasteiger partial charge >= 0.3 is 0 Å². The number of hydrogen-bond donors (Lipinski definition) is 2. The van der Waals surface area contributed by atoms with Crippen LogP contribution in [0.3, 0.4) is 0 Å². The molecule has 0 radical (unpaired) electrons. The second-order valence-corrected chi connectivity index (χ2v) is 10.5. The van der Waals surface area contributed by atoms with Crippen LogP contribution in [-0.4, -0.2) is 23.3 Å². The predicted molar refractivity (Wildman–Crippen MR) is 154 cm³/mol. The van der Waals surface area contributed by atoms with E-state index in [1.807, 2.05) is 42.5 Å². The zero-order valence-corrected chi connectivity index (χ0v) is 22.9. The molecule has 37 heavy (non-hydrogen) atoms. The van der Waals surface area contributed by atoms with Crippen LogP contribution in [0.15, 0.2) is 98.9 Å². The molecular weight excluding hydrogens is 572 g/mol. The smallest absolute Gasteiger partial charge is 0.234 e. The van der Waals surface area contributed by atoms with Crippen LogP contribution in [0.25, 0.3) is 0 Å². The van der Waals surface area contributed by atoms with Crippen LogP contribution in [0.4, 0.5) is 11.4 Å². The van der Waals surface area contributed by atoms with Gasteiger partial charge in [-0.2, -0.15) is 5.26 Å². The highest BCUT2D eigenvalue weighted by Gasteiger charge is 2.40. The number of hydrogen-bond acceptors (Lipinski definition) is 5. The molecule has 0 spiro atoms. The number of allylic oxidation sites excluding steroid dienone is 1. The molecular formula is C28H22BrClN4O2S. The van der Waals surface area contributed by atoms with Crippen molar-refractivity contribution in [2.24, 2.45) is 10.9 Å². The summed E-state index contributed by atoms with van der Waals surface area (Å²) in [5.41, 5.74) is 2.80. The lowest BCUT2D eigenvalue weighted by molar-refractivity contribution is -0.118. The zero-order chi connectivity index (χ0) is 26.4. The van der Waals surface area contributed by atoms with Gasteiger partial charge in [-0.15, -0.1) is 0 Å². The molecule has 3 aromatic carbocycles. The minimum Gasteiger partial charge on any atom is -0.325 e. The Morgan fingerprint density at radius 1 is 1.00 bits per heavy atom. The lowest BCUT2D eigenvalue weighted by Crippen LogP contribution is -2.36. The number of halogens is 2. The Hall–Kier alpha value is -3.38. The van der Waals surface area contributed by atoms with E-state index < -0.39 is 11.8 Å². The number of carbonyl (C=O) groups is 2. The number of benzene rings is 3. The third-order valence-corrected chi connectivity index (χ3v) is 7.62. The van der Waals surface area contributed by atoms with Gasteiger partial charge in [-0.1, -0.05) is 75.7 Å². The molecule has 0 aliphatic carbocycles. The fourth-order valence-corrected chi connectivity index (χ4v) is 5.46. The molecule has 2 atom stereocenters. The van der Waals surface area contributed by atoms with E-state index in [9.17, 15) is 14.9 Å². The minimum atomic E-state index is -0.754. The van der Waals surface area contributed by atoms with Crippen LogP contribution in [0.1, 0.15) is 18.4 Å². The first kappa shape index (κ1) is 26.7. The highest BCUT2D eigenvalue weighted by Crippen LogP contribution is 2.44. The molecule has 6 nitrogen and oxygen atoms in total. The van der Waals surface area contributed by atoms with Gasteiger partial charge in [0.2, 0.25) is 11.8 Å². The summed E-state index contributed by atoms with van der Waals surface area (Å²) >= 11 is 11.1. The summed E-state index contributed by atoms with van der Waals surface area (Å²) in [6.07, 6.45) is 0. The van der Waals surface area contributed by atoms with Crippen molar-refractivity contribution >= 4 is 68.2 Å². The van der Waals surface area contributed by atoms with Gasteiger partial charge in [0, 0.05) is 32.5 Å². The van der Waals surface area contributed by atoms with Gasteiger partial charge in [0.1, 0.15) is 5.03 Å². The number of nitrogens with zero attached hydrogens (tertiary/aromatic N) is 2. The average molecular weight is 594 g/mol. The Kier molecular flexibility index (Phi) is 8.82. The van der Waals surface area contributed by atoms with E-state index in [4.69, 9.17) is 11.6 Å². The molecule has 1 aliphatic rings. The number of rotatable bonds is 7. The molecule has 2 N–H and O–H groups in total. The van der Waals surface area contributed by atoms with Gasteiger partial charge in [0.25, 0.3) is 0 Å². The molecule has 0 saturated carbocycles. The molecule has 0 bridgehead atoms. The molecule has 1 aliphatic heterocycles.